The lowest BCUT2D eigenvalue weighted by molar-refractivity contribution is -0.119. The molecule has 2 rings (SSSR count). The van der Waals surface area contributed by atoms with E-state index in [9.17, 15) is 14.4 Å². The number of rotatable bonds is 8. The minimum atomic E-state index is -0.466. The zero-order chi connectivity index (χ0) is 20.8. The Morgan fingerprint density at radius 1 is 1.18 bits per heavy atom. The average Bonchev–Trinajstić information content (AvgIpc) is 2.89. The first kappa shape index (κ1) is 21.8. The van der Waals surface area contributed by atoms with Crippen LogP contribution in [0.4, 0.5) is 5.69 Å². The molecule has 0 aliphatic carbocycles. The van der Waals surface area contributed by atoms with Gasteiger partial charge in [-0.3, -0.25) is 19.1 Å². The summed E-state index contributed by atoms with van der Waals surface area (Å²) in [5.74, 6) is -0.199. The molecule has 2 amide bonds. The largest absolute Gasteiger partial charge is 0.353 e. The average molecular weight is 405 g/mol. The molecule has 0 saturated heterocycles. The molecule has 0 aliphatic rings. The van der Waals surface area contributed by atoms with Gasteiger partial charge in [0.05, 0.1) is 22.4 Å². The molecule has 1 aromatic heterocycles. The number of nitrogens with one attached hydrogen (secondary N) is 2. The van der Waals surface area contributed by atoms with E-state index in [1.807, 2.05) is 44.2 Å². The fourth-order valence-corrected chi connectivity index (χ4v) is 3.33. The molecule has 7 nitrogen and oxygen atoms in total. The number of hydrogen-bond acceptors (Lipinski definition) is 4. The molecule has 0 radical (unpaired) electrons. The second-order valence-electron chi connectivity index (χ2n) is 6.76. The molecule has 1 aromatic carbocycles. The third-order valence-electron chi connectivity index (χ3n) is 4.66. The first-order valence-corrected chi connectivity index (χ1v) is 10.4. The molecule has 0 bridgehead atoms. The van der Waals surface area contributed by atoms with E-state index in [-0.39, 0.29) is 34.9 Å². The smallest absolute Gasteiger partial charge is 0.295 e. The number of thioether (sulfide) groups is 1. The zero-order valence-corrected chi connectivity index (χ0v) is 17.8. The SMILES string of the molecule is CCC(C)NC(=O)CSC(C)C(=O)Nc1c(C)n(C)n(-c2ccccc2)c1=O. The summed E-state index contributed by atoms with van der Waals surface area (Å²) in [6.45, 7) is 7.45. The van der Waals surface area contributed by atoms with E-state index in [4.69, 9.17) is 0 Å². The fourth-order valence-electron chi connectivity index (χ4n) is 2.63. The summed E-state index contributed by atoms with van der Waals surface area (Å²) < 4.78 is 3.23. The third kappa shape index (κ3) is 5.07. The van der Waals surface area contributed by atoms with Crippen molar-refractivity contribution >= 4 is 29.3 Å². The van der Waals surface area contributed by atoms with Crippen molar-refractivity contribution in [1.82, 2.24) is 14.7 Å². The van der Waals surface area contributed by atoms with Crippen molar-refractivity contribution in [3.8, 4) is 5.69 Å². The van der Waals surface area contributed by atoms with Crippen LogP contribution < -0.4 is 16.2 Å². The number of carbonyl (C=O) groups is 2. The molecule has 0 aliphatic heterocycles. The van der Waals surface area contributed by atoms with Crippen molar-refractivity contribution in [2.45, 2.75) is 45.4 Å². The number of para-hydroxylation sites is 1. The Bertz CT molecular complexity index is 889. The van der Waals surface area contributed by atoms with E-state index in [1.54, 1.807) is 25.6 Å². The Balaban J connectivity index is 2.08. The number of hydrogen-bond donors (Lipinski definition) is 2. The maximum Gasteiger partial charge on any atom is 0.295 e. The van der Waals surface area contributed by atoms with Gasteiger partial charge in [-0.2, -0.15) is 0 Å². The zero-order valence-electron chi connectivity index (χ0n) is 17.0. The van der Waals surface area contributed by atoms with Crippen LogP contribution in [0.15, 0.2) is 35.1 Å². The van der Waals surface area contributed by atoms with Gasteiger partial charge in [-0.05, 0) is 39.3 Å². The highest BCUT2D eigenvalue weighted by atomic mass is 32.2. The molecular formula is C20H28N4O3S. The Kier molecular flexibility index (Phi) is 7.51. The molecule has 2 unspecified atom stereocenters. The van der Waals surface area contributed by atoms with Crippen molar-refractivity contribution < 1.29 is 9.59 Å². The Hall–Kier alpha value is -2.48. The van der Waals surface area contributed by atoms with Gasteiger partial charge in [-0.15, -0.1) is 11.8 Å². The molecule has 2 atom stereocenters. The maximum atomic E-state index is 12.8. The van der Waals surface area contributed by atoms with Gasteiger partial charge < -0.3 is 10.6 Å². The summed E-state index contributed by atoms with van der Waals surface area (Å²) >= 11 is 1.24. The Morgan fingerprint density at radius 2 is 1.82 bits per heavy atom. The van der Waals surface area contributed by atoms with E-state index in [2.05, 4.69) is 10.6 Å². The van der Waals surface area contributed by atoms with Crippen LogP contribution in [0.1, 0.15) is 32.9 Å². The van der Waals surface area contributed by atoms with Gasteiger partial charge in [0.15, 0.2) is 0 Å². The van der Waals surface area contributed by atoms with Crippen LogP contribution in [0, 0.1) is 6.92 Å². The van der Waals surface area contributed by atoms with E-state index in [0.29, 0.717) is 5.69 Å². The number of nitrogens with zero attached hydrogens (tertiary/aromatic N) is 2. The summed E-state index contributed by atoms with van der Waals surface area (Å²) in [7, 11) is 1.77. The predicted octanol–water partition coefficient (Wildman–Crippen LogP) is 2.46. The lowest BCUT2D eigenvalue weighted by atomic mass is 10.3. The minimum absolute atomic E-state index is 0.0960. The molecule has 0 fully saturated rings. The van der Waals surface area contributed by atoms with E-state index in [1.165, 1.54) is 16.4 Å². The second-order valence-corrected chi connectivity index (χ2v) is 8.08. The molecule has 152 valence electrons. The first-order chi connectivity index (χ1) is 13.3. The van der Waals surface area contributed by atoms with Crippen LogP contribution in [-0.4, -0.2) is 38.2 Å². The quantitative estimate of drug-likeness (QED) is 0.708. The molecule has 28 heavy (non-hydrogen) atoms. The van der Waals surface area contributed by atoms with Crippen molar-refractivity contribution in [3.63, 3.8) is 0 Å². The second kappa shape index (κ2) is 9.64. The molecule has 2 N–H and O–H groups in total. The molecule has 0 saturated carbocycles. The maximum absolute atomic E-state index is 12.8. The normalized spacial score (nSPS) is 13.0. The summed E-state index contributed by atoms with van der Waals surface area (Å²) in [4.78, 5) is 37.3. The summed E-state index contributed by atoms with van der Waals surface area (Å²) in [6.07, 6.45) is 0.855. The van der Waals surface area contributed by atoms with E-state index < -0.39 is 5.25 Å². The number of carbonyl (C=O) groups excluding carboxylic acids is 2. The van der Waals surface area contributed by atoms with Crippen LogP contribution in [0.25, 0.3) is 5.69 Å². The van der Waals surface area contributed by atoms with Crippen LogP contribution in [-0.2, 0) is 16.6 Å². The standard InChI is InChI=1S/C20H28N4O3S/c1-6-13(2)21-17(25)12-28-15(4)19(26)22-18-14(3)23(5)24(20(18)27)16-10-8-7-9-11-16/h7-11,13,15H,6,12H2,1-5H3,(H,21,25)(H,22,26). The van der Waals surface area contributed by atoms with Gasteiger partial charge >= 0.3 is 0 Å². The molecular weight excluding hydrogens is 376 g/mol. The van der Waals surface area contributed by atoms with Crippen LogP contribution in [0.5, 0.6) is 0 Å². The van der Waals surface area contributed by atoms with Gasteiger partial charge in [-0.1, -0.05) is 25.1 Å². The van der Waals surface area contributed by atoms with Crippen molar-refractivity contribution in [2.24, 2.45) is 7.05 Å². The van der Waals surface area contributed by atoms with Gasteiger partial charge in [0, 0.05) is 13.1 Å². The van der Waals surface area contributed by atoms with Gasteiger partial charge in [0.1, 0.15) is 5.69 Å². The van der Waals surface area contributed by atoms with Crippen LogP contribution in [0.2, 0.25) is 0 Å². The molecule has 8 heteroatoms. The fraction of sp³-hybridized carbons (Fsp3) is 0.450. The number of aromatic nitrogens is 2. The topological polar surface area (TPSA) is 85.1 Å². The van der Waals surface area contributed by atoms with Crippen molar-refractivity contribution in [3.05, 3.63) is 46.4 Å². The monoisotopic (exact) mass is 404 g/mol. The highest BCUT2D eigenvalue weighted by Gasteiger charge is 2.21. The third-order valence-corrected chi connectivity index (χ3v) is 5.80. The Morgan fingerprint density at radius 3 is 2.43 bits per heavy atom. The summed E-state index contributed by atoms with van der Waals surface area (Å²) in [5, 5.41) is 5.15. The molecule has 0 spiro atoms. The lowest BCUT2D eigenvalue weighted by Gasteiger charge is -2.13. The summed E-state index contributed by atoms with van der Waals surface area (Å²) in [6, 6.07) is 9.36. The first-order valence-electron chi connectivity index (χ1n) is 9.32. The highest BCUT2D eigenvalue weighted by Crippen LogP contribution is 2.17. The Labute approximate surface area is 169 Å². The van der Waals surface area contributed by atoms with Crippen LogP contribution in [0.3, 0.4) is 0 Å². The van der Waals surface area contributed by atoms with E-state index >= 15 is 0 Å². The van der Waals surface area contributed by atoms with Crippen LogP contribution >= 0.6 is 11.8 Å². The molecule has 2 aromatic rings. The van der Waals surface area contributed by atoms with Crippen molar-refractivity contribution in [1.29, 1.82) is 0 Å². The minimum Gasteiger partial charge on any atom is -0.353 e. The van der Waals surface area contributed by atoms with Gasteiger partial charge in [-0.25, -0.2) is 4.68 Å². The predicted molar refractivity (Wildman–Crippen MR) is 114 cm³/mol. The lowest BCUT2D eigenvalue weighted by Crippen LogP contribution is -2.34. The number of anilines is 1. The number of amides is 2. The van der Waals surface area contributed by atoms with Gasteiger partial charge in [0.25, 0.3) is 5.56 Å². The van der Waals surface area contributed by atoms with Gasteiger partial charge in [0.2, 0.25) is 11.8 Å². The summed E-state index contributed by atoms with van der Waals surface area (Å²) in [5.41, 5.74) is 1.36. The molecule has 1 heterocycles. The van der Waals surface area contributed by atoms with E-state index in [0.717, 1.165) is 12.1 Å². The highest BCUT2D eigenvalue weighted by molar-refractivity contribution is 8.01. The van der Waals surface area contributed by atoms with Crippen molar-refractivity contribution in [2.75, 3.05) is 11.1 Å². The number of benzene rings is 1.